The predicted octanol–water partition coefficient (Wildman–Crippen LogP) is 2.10. The third-order valence-corrected chi connectivity index (χ3v) is 3.05. The van der Waals surface area contributed by atoms with Crippen LogP contribution < -0.4 is 5.32 Å². The minimum atomic E-state index is 0.934. The topological polar surface area (TPSA) is 40.2 Å². The van der Waals surface area contributed by atoms with Gasteiger partial charge in [0, 0.05) is 30.1 Å². The third kappa shape index (κ3) is 1.69. The molecule has 3 heteroatoms. The Morgan fingerprint density at radius 2 is 2.12 bits per heavy atom. The molecule has 0 spiro atoms. The van der Waals surface area contributed by atoms with E-state index in [0.717, 1.165) is 31.8 Å². The highest BCUT2D eigenvalue weighted by molar-refractivity contribution is 5.86. The quantitative estimate of drug-likeness (QED) is 0.805. The second-order valence-corrected chi connectivity index (χ2v) is 4.11. The molecule has 1 aliphatic rings. The van der Waals surface area contributed by atoms with Gasteiger partial charge in [-0.15, -0.1) is 0 Å². The van der Waals surface area contributed by atoms with Gasteiger partial charge in [-0.3, -0.25) is 4.99 Å². The van der Waals surface area contributed by atoms with Crippen LogP contribution in [0.5, 0.6) is 0 Å². The number of rotatable bonds is 3. The number of aromatic nitrogens is 1. The van der Waals surface area contributed by atoms with Crippen molar-refractivity contribution in [2.45, 2.75) is 12.8 Å². The van der Waals surface area contributed by atoms with Crippen molar-refractivity contribution >= 4 is 16.7 Å². The second kappa shape index (κ2) is 4.00. The van der Waals surface area contributed by atoms with Crippen molar-refractivity contribution in [3.8, 4) is 0 Å². The fraction of sp³-hybridized carbons (Fsp3) is 0.308. The molecule has 0 fully saturated rings. The van der Waals surface area contributed by atoms with E-state index in [4.69, 9.17) is 0 Å². The average Bonchev–Trinajstić information content (AvgIpc) is 2.96. The van der Waals surface area contributed by atoms with Gasteiger partial charge >= 0.3 is 0 Å². The lowest BCUT2D eigenvalue weighted by atomic mass is 10.1. The lowest BCUT2D eigenvalue weighted by Crippen LogP contribution is -2.18. The molecule has 0 radical (unpaired) electrons. The Labute approximate surface area is 94.6 Å². The molecule has 3 rings (SSSR count). The van der Waals surface area contributed by atoms with Gasteiger partial charge < -0.3 is 10.3 Å². The molecule has 1 aromatic heterocycles. The maximum Gasteiger partial charge on any atom is 0.0967 e. The molecule has 0 amide bonds. The number of H-pyrrole nitrogens is 1. The zero-order chi connectivity index (χ0) is 10.8. The number of benzene rings is 1. The molecule has 0 aliphatic carbocycles. The molecule has 82 valence electrons. The summed E-state index contributed by atoms with van der Waals surface area (Å²) in [7, 11) is 0. The summed E-state index contributed by atoms with van der Waals surface area (Å²) >= 11 is 0. The van der Waals surface area contributed by atoms with E-state index in [1.165, 1.54) is 16.5 Å². The van der Waals surface area contributed by atoms with E-state index in [2.05, 4.69) is 45.8 Å². The molecule has 2 N–H and O–H groups in total. The molecule has 16 heavy (non-hydrogen) atoms. The number of hydrogen-bond acceptors (Lipinski definition) is 2. The molecule has 0 saturated carbocycles. The normalized spacial score (nSPS) is 15.1. The fourth-order valence-electron chi connectivity index (χ4n) is 2.21. The SMILES string of the molecule is c1ccc2c(CCC3=NCCN3)c[nH]c2c1. The molecule has 0 unspecified atom stereocenters. The summed E-state index contributed by atoms with van der Waals surface area (Å²) < 4.78 is 0. The maximum absolute atomic E-state index is 4.41. The second-order valence-electron chi connectivity index (χ2n) is 4.11. The Kier molecular flexibility index (Phi) is 2.37. The van der Waals surface area contributed by atoms with Gasteiger partial charge in [0.1, 0.15) is 0 Å². The van der Waals surface area contributed by atoms with Crippen LogP contribution in [0.4, 0.5) is 0 Å². The number of amidine groups is 1. The van der Waals surface area contributed by atoms with Crippen molar-refractivity contribution in [3.05, 3.63) is 36.0 Å². The molecule has 0 atom stereocenters. The van der Waals surface area contributed by atoms with Crippen LogP contribution >= 0.6 is 0 Å². The number of aryl methyl sites for hydroxylation is 1. The van der Waals surface area contributed by atoms with Crippen molar-refractivity contribution in [2.24, 2.45) is 4.99 Å². The maximum atomic E-state index is 4.41. The summed E-state index contributed by atoms with van der Waals surface area (Å²) in [6.45, 7) is 1.94. The van der Waals surface area contributed by atoms with Gasteiger partial charge in [0.2, 0.25) is 0 Å². The summed E-state index contributed by atoms with van der Waals surface area (Å²) in [5.74, 6) is 1.16. The number of aliphatic imine (C=N–C) groups is 1. The monoisotopic (exact) mass is 213 g/mol. The van der Waals surface area contributed by atoms with Gasteiger partial charge in [-0.25, -0.2) is 0 Å². The van der Waals surface area contributed by atoms with Crippen molar-refractivity contribution in [2.75, 3.05) is 13.1 Å². The van der Waals surface area contributed by atoms with Crippen molar-refractivity contribution in [1.82, 2.24) is 10.3 Å². The van der Waals surface area contributed by atoms with E-state index in [0.29, 0.717) is 0 Å². The van der Waals surface area contributed by atoms with Crippen molar-refractivity contribution in [1.29, 1.82) is 0 Å². The van der Waals surface area contributed by atoms with Crippen LogP contribution in [0.15, 0.2) is 35.5 Å². The van der Waals surface area contributed by atoms with Crippen LogP contribution in [0.1, 0.15) is 12.0 Å². The zero-order valence-electron chi connectivity index (χ0n) is 9.16. The lowest BCUT2D eigenvalue weighted by Gasteiger charge is -2.01. The molecule has 1 aliphatic heterocycles. The molecule has 1 aromatic carbocycles. The van der Waals surface area contributed by atoms with E-state index >= 15 is 0 Å². The van der Waals surface area contributed by atoms with Crippen molar-refractivity contribution in [3.63, 3.8) is 0 Å². The van der Waals surface area contributed by atoms with Gasteiger partial charge in [-0.05, 0) is 18.1 Å². The number of fused-ring (bicyclic) bond motifs is 1. The number of hydrogen-bond donors (Lipinski definition) is 2. The minimum absolute atomic E-state index is 0.934. The summed E-state index contributed by atoms with van der Waals surface area (Å²) in [4.78, 5) is 7.71. The highest BCUT2D eigenvalue weighted by atomic mass is 15.1. The summed E-state index contributed by atoms with van der Waals surface area (Å²) in [5.41, 5.74) is 2.60. The summed E-state index contributed by atoms with van der Waals surface area (Å²) in [6.07, 6.45) is 4.18. The Bertz CT molecular complexity index is 525. The van der Waals surface area contributed by atoms with Crippen LogP contribution in [0.25, 0.3) is 10.9 Å². The Morgan fingerprint density at radius 1 is 1.19 bits per heavy atom. The standard InChI is InChI=1S/C13H15N3/c1-2-4-12-11(3-1)10(9-16-12)5-6-13-14-7-8-15-13/h1-4,9,16H,5-8H2,(H,14,15). The first-order chi connectivity index (χ1) is 7.93. The van der Waals surface area contributed by atoms with E-state index in [1.54, 1.807) is 0 Å². The van der Waals surface area contributed by atoms with E-state index < -0.39 is 0 Å². The average molecular weight is 213 g/mol. The molecule has 3 nitrogen and oxygen atoms in total. The van der Waals surface area contributed by atoms with E-state index in [-0.39, 0.29) is 0 Å². The molecular formula is C13H15N3. The van der Waals surface area contributed by atoms with Gasteiger partial charge in [-0.1, -0.05) is 18.2 Å². The molecular weight excluding hydrogens is 198 g/mol. The minimum Gasteiger partial charge on any atom is -0.372 e. The molecule has 2 aromatic rings. The first-order valence-electron chi connectivity index (χ1n) is 5.76. The first kappa shape index (κ1) is 9.46. The van der Waals surface area contributed by atoms with E-state index in [1.807, 2.05) is 0 Å². The summed E-state index contributed by atoms with van der Waals surface area (Å²) in [6, 6.07) is 8.44. The van der Waals surface area contributed by atoms with Crippen LogP contribution in [0, 0.1) is 0 Å². The Hall–Kier alpha value is -1.77. The highest BCUT2D eigenvalue weighted by Crippen LogP contribution is 2.19. The predicted molar refractivity (Wildman–Crippen MR) is 66.9 cm³/mol. The number of para-hydroxylation sites is 1. The van der Waals surface area contributed by atoms with Crippen molar-refractivity contribution < 1.29 is 0 Å². The van der Waals surface area contributed by atoms with E-state index in [9.17, 15) is 0 Å². The van der Waals surface area contributed by atoms with Crippen LogP contribution in [0.2, 0.25) is 0 Å². The highest BCUT2D eigenvalue weighted by Gasteiger charge is 2.07. The molecule has 2 heterocycles. The fourth-order valence-corrected chi connectivity index (χ4v) is 2.21. The third-order valence-electron chi connectivity index (χ3n) is 3.05. The molecule has 0 saturated heterocycles. The first-order valence-corrected chi connectivity index (χ1v) is 5.76. The van der Waals surface area contributed by atoms with Gasteiger partial charge in [0.05, 0.1) is 12.4 Å². The smallest absolute Gasteiger partial charge is 0.0967 e. The van der Waals surface area contributed by atoms with Crippen LogP contribution in [-0.4, -0.2) is 23.9 Å². The summed E-state index contributed by atoms with van der Waals surface area (Å²) in [5, 5.41) is 4.64. The number of nitrogens with zero attached hydrogens (tertiary/aromatic N) is 1. The molecule has 0 bridgehead atoms. The Balaban J connectivity index is 1.78. The van der Waals surface area contributed by atoms with Crippen LogP contribution in [-0.2, 0) is 6.42 Å². The van der Waals surface area contributed by atoms with Gasteiger partial charge in [0.25, 0.3) is 0 Å². The lowest BCUT2D eigenvalue weighted by molar-refractivity contribution is 0.936. The Morgan fingerprint density at radius 3 is 3.00 bits per heavy atom. The van der Waals surface area contributed by atoms with Gasteiger partial charge in [0.15, 0.2) is 0 Å². The van der Waals surface area contributed by atoms with Gasteiger partial charge in [-0.2, -0.15) is 0 Å². The van der Waals surface area contributed by atoms with Crippen LogP contribution in [0.3, 0.4) is 0 Å². The largest absolute Gasteiger partial charge is 0.372 e. The number of aromatic amines is 1. The number of nitrogens with one attached hydrogen (secondary N) is 2. The zero-order valence-corrected chi connectivity index (χ0v) is 9.16.